The van der Waals surface area contributed by atoms with Crippen LogP contribution < -0.4 is 11.5 Å². The summed E-state index contributed by atoms with van der Waals surface area (Å²) in [5.74, 6) is -5.42. The van der Waals surface area contributed by atoms with Gasteiger partial charge in [0.05, 0.1) is 24.0 Å². The van der Waals surface area contributed by atoms with E-state index in [0.29, 0.717) is 61.5 Å². The molecule has 0 radical (unpaired) electrons. The summed E-state index contributed by atoms with van der Waals surface area (Å²) in [6.07, 6.45) is 8.21. The summed E-state index contributed by atoms with van der Waals surface area (Å²) in [6, 6.07) is 9.54. The molecule has 3 fully saturated rings. The second-order valence-corrected chi connectivity index (χ2v) is 17.8. The molecule has 6 atom stereocenters. The molecule has 7 aliphatic rings. The van der Waals surface area contributed by atoms with Crippen molar-refractivity contribution in [2.75, 3.05) is 0 Å². The smallest absolute Gasteiger partial charge is 0.261 e. The van der Waals surface area contributed by atoms with Crippen molar-refractivity contribution in [1.82, 2.24) is 14.7 Å². The molecular formula is C47H43N5O8. The van der Waals surface area contributed by atoms with Gasteiger partial charge in [-0.15, -0.1) is 0 Å². The zero-order valence-electron chi connectivity index (χ0n) is 32.9. The molecule has 60 heavy (non-hydrogen) atoms. The third-order valence-electron chi connectivity index (χ3n) is 14.9. The van der Waals surface area contributed by atoms with Crippen LogP contribution >= 0.6 is 0 Å². The lowest BCUT2D eigenvalue weighted by molar-refractivity contribution is 0.0241. The first kappa shape index (κ1) is 37.1. The van der Waals surface area contributed by atoms with E-state index >= 15 is 0 Å². The Labute approximate surface area is 344 Å². The van der Waals surface area contributed by atoms with Crippen molar-refractivity contribution >= 4 is 68.6 Å². The monoisotopic (exact) mass is 805 g/mol. The van der Waals surface area contributed by atoms with Gasteiger partial charge < -0.3 is 11.5 Å². The fourth-order valence-corrected chi connectivity index (χ4v) is 12.0. The van der Waals surface area contributed by atoms with Gasteiger partial charge >= 0.3 is 0 Å². The number of nitrogens with zero attached hydrogens (tertiary/aromatic N) is 3. The molecule has 0 spiro atoms. The Bertz CT molecular complexity index is 2410. The molecule has 304 valence electrons. The van der Waals surface area contributed by atoms with E-state index < -0.39 is 59.5 Å². The van der Waals surface area contributed by atoms with Gasteiger partial charge in [0, 0.05) is 78.1 Å². The number of Topliss-reactive ketones (excluding diaryl/α,β-unsaturated/α-hetero) is 2. The van der Waals surface area contributed by atoms with Crippen molar-refractivity contribution in [3.8, 4) is 0 Å². The fourth-order valence-electron chi connectivity index (χ4n) is 12.0. The molecule has 6 amide bonds. The van der Waals surface area contributed by atoms with Crippen LogP contribution in [0.25, 0.3) is 21.5 Å². The number of nitrogens with two attached hydrogens (primary N) is 2. The van der Waals surface area contributed by atoms with Crippen molar-refractivity contribution in [3.05, 3.63) is 93.0 Å². The summed E-state index contributed by atoms with van der Waals surface area (Å²) < 4.78 is 0. The van der Waals surface area contributed by atoms with Crippen LogP contribution in [0.2, 0.25) is 0 Å². The third-order valence-corrected chi connectivity index (χ3v) is 14.9. The first-order valence-corrected chi connectivity index (χ1v) is 21.4. The lowest BCUT2D eigenvalue weighted by Gasteiger charge is -2.45. The van der Waals surface area contributed by atoms with Gasteiger partial charge in [-0.1, -0.05) is 38.5 Å². The van der Waals surface area contributed by atoms with Crippen LogP contribution in [-0.4, -0.2) is 91.9 Å². The molecule has 3 heterocycles. The molecule has 4 aromatic rings. The number of benzene rings is 4. The van der Waals surface area contributed by atoms with Gasteiger partial charge in [-0.25, -0.2) is 0 Å². The van der Waals surface area contributed by atoms with Crippen LogP contribution in [0.15, 0.2) is 48.5 Å². The van der Waals surface area contributed by atoms with Crippen LogP contribution in [0.1, 0.15) is 160 Å². The van der Waals surface area contributed by atoms with Gasteiger partial charge in [0.15, 0.2) is 11.6 Å². The maximum absolute atomic E-state index is 14.7. The summed E-state index contributed by atoms with van der Waals surface area (Å²) in [7, 11) is 0. The number of carbonyl (C=O) groups excluding carboxylic acids is 8. The van der Waals surface area contributed by atoms with E-state index in [2.05, 4.69) is 0 Å². The Kier molecular flexibility index (Phi) is 8.22. The van der Waals surface area contributed by atoms with E-state index in [1.807, 2.05) is 0 Å². The number of imide groups is 3. The van der Waals surface area contributed by atoms with Crippen molar-refractivity contribution in [1.29, 1.82) is 0 Å². The SMILES string of the molecule is NC1CCCCC1C1C(=O)c2ccc3c4c(ccc(c24)C1=O)C(=O)N(C1CCCC[C@H]1N1C(=O)c2ccc4c5c(ccc(c25)C1=O)C(=O)N(C1CCCC[C@H]1N)C4=O)C3=O. The van der Waals surface area contributed by atoms with Gasteiger partial charge in [0.25, 0.3) is 35.4 Å². The summed E-state index contributed by atoms with van der Waals surface area (Å²) in [6.45, 7) is 0. The largest absolute Gasteiger partial charge is 0.327 e. The van der Waals surface area contributed by atoms with Gasteiger partial charge in [0.1, 0.15) is 0 Å². The summed E-state index contributed by atoms with van der Waals surface area (Å²) in [5, 5.41) is 1.09. The first-order chi connectivity index (χ1) is 29.0. The predicted octanol–water partition coefficient (Wildman–Crippen LogP) is 5.58. The van der Waals surface area contributed by atoms with E-state index in [4.69, 9.17) is 11.5 Å². The van der Waals surface area contributed by atoms with Crippen LogP contribution in [0.4, 0.5) is 0 Å². The topological polar surface area (TPSA) is 198 Å². The zero-order valence-corrected chi connectivity index (χ0v) is 32.9. The average Bonchev–Trinajstić information content (AvgIpc) is 3.25. The molecule has 4 aromatic carbocycles. The molecule has 3 aliphatic heterocycles. The van der Waals surface area contributed by atoms with Crippen LogP contribution in [0.3, 0.4) is 0 Å². The average molecular weight is 806 g/mol. The van der Waals surface area contributed by atoms with Crippen molar-refractivity contribution in [2.24, 2.45) is 23.3 Å². The van der Waals surface area contributed by atoms with Gasteiger partial charge in [0.2, 0.25) is 0 Å². The number of hydrogen-bond donors (Lipinski definition) is 2. The lowest BCUT2D eigenvalue weighted by atomic mass is 9.67. The highest BCUT2D eigenvalue weighted by atomic mass is 16.2. The zero-order chi connectivity index (χ0) is 41.5. The lowest BCUT2D eigenvalue weighted by Crippen LogP contribution is -2.61. The number of amides is 6. The second kappa shape index (κ2) is 13.3. The highest BCUT2D eigenvalue weighted by Crippen LogP contribution is 2.46. The van der Waals surface area contributed by atoms with E-state index in [0.717, 1.165) is 41.9 Å². The Balaban J connectivity index is 0.949. The molecule has 11 rings (SSSR count). The van der Waals surface area contributed by atoms with Crippen LogP contribution in [0, 0.1) is 11.8 Å². The molecule has 4 aliphatic carbocycles. The molecule has 4 unspecified atom stereocenters. The Hall–Kier alpha value is -5.92. The fraction of sp³-hybridized carbons (Fsp3) is 0.404. The molecule has 3 saturated carbocycles. The number of rotatable bonds is 4. The minimum absolute atomic E-state index is 0.153. The summed E-state index contributed by atoms with van der Waals surface area (Å²) >= 11 is 0. The van der Waals surface area contributed by atoms with Crippen LogP contribution in [0.5, 0.6) is 0 Å². The number of hydrogen-bond acceptors (Lipinski definition) is 10. The van der Waals surface area contributed by atoms with Gasteiger partial charge in [-0.05, 0) is 93.0 Å². The Morgan fingerprint density at radius 1 is 0.350 bits per heavy atom. The first-order valence-electron chi connectivity index (χ1n) is 21.4. The van der Waals surface area contributed by atoms with Crippen molar-refractivity contribution in [2.45, 2.75) is 107 Å². The Morgan fingerprint density at radius 2 is 0.633 bits per heavy atom. The summed E-state index contributed by atoms with van der Waals surface area (Å²) in [4.78, 5) is 119. The van der Waals surface area contributed by atoms with E-state index in [-0.39, 0.29) is 79.1 Å². The molecule has 0 saturated heterocycles. The minimum atomic E-state index is -0.922. The maximum atomic E-state index is 14.7. The van der Waals surface area contributed by atoms with Crippen molar-refractivity contribution < 1.29 is 38.4 Å². The van der Waals surface area contributed by atoms with E-state index in [9.17, 15) is 38.4 Å². The maximum Gasteiger partial charge on any atom is 0.261 e. The standard InChI is InChI=1S/C47H43N5O8/c48-30-8-2-1-7-21(30)39-40(53)22-13-15-24-36-25(16-14-23(35(22)36)41(39)54)45(58)51(44(24)57)33-11-5-6-12-34(33)52-46(59)28-19-17-26-37-27(18-20-29(38(28)37)47(52)60)43(56)50(42(26)55)32-10-4-3-9-31(32)49/h13-21,30-34,39H,1-12,48-49H2/t21?,30?,31-,32?,33?,34-/m1/s1. The molecule has 13 heteroatoms. The van der Waals surface area contributed by atoms with Crippen molar-refractivity contribution in [3.63, 3.8) is 0 Å². The molecule has 13 nitrogen and oxygen atoms in total. The van der Waals surface area contributed by atoms with E-state index in [1.54, 1.807) is 36.4 Å². The molecule has 0 bridgehead atoms. The highest BCUT2D eigenvalue weighted by molar-refractivity contribution is 6.36. The normalized spacial score (nSPS) is 28.1. The number of carbonyl (C=O) groups is 8. The second-order valence-electron chi connectivity index (χ2n) is 17.8. The minimum Gasteiger partial charge on any atom is -0.327 e. The highest BCUT2D eigenvalue weighted by Gasteiger charge is 2.51. The molecular weight excluding hydrogens is 763 g/mol. The van der Waals surface area contributed by atoms with Gasteiger partial charge in [-0.2, -0.15) is 0 Å². The Morgan fingerprint density at radius 3 is 1.00 bits per heavy atom. The quantitative estimate of drug-likeness (QED) is 0.194. The molecule has 0 aromatic heterocycles. The molecule has 4 N–H and O–H groups in total. The third kappa shape index (κ3) is 4.87. The van der Waals surface area contributed by atoms with Crippen LogP contribution in [-0.2, 0) is 0 Å². The number of ketones is 2. The predicted molar refractivity (Wildman–Crippen MR) is 218 cm³/mol. The van der Waals surface area contributed by atoms with E-state index in [1.165, 1.54) is 17.0 Å². The van der Waals surface area contributed by atoms with Gasteiger partial charge in [-0.3, -0.25) is 53.1 Å². The summed E-state index contributed by atoms with van der Waals surface area (Å²) in [5.41, 5.74) is 14.6.